The van der Waals surface area contributed by atoms with Gasteiger partial charge in [-0.1, -0.05) is 170 Å². The monoisotopic (exact) mass is 1770 g/mol. The van der Waals surface area contributed by atoms with Crippen LogP contribution in [0.5, 0.6) is 0 Å². The van der Waals surface area contributed by atoms with Crippen LogP contribution in [-0.2, 0) is 128 Å². The van der Waals surface area contributed by atoms with Crippen LogP contribution in [-0.4, -0.2) is 111 Å². The van der Waals surface area contributed by atoms with Gasteiger partial charge in [-0.2, -0.15) is 162 Å². The first-order chi connectivity index (χ1) is 51.1. The van der Waals surface area contributed by atoms with E-state index >= 15 is 0 Å². The smallest absolute Gasteiger partial charge is 0.684 e. The van der Waals surface area contributed by atoms with Gasteiger partial charge < -0.3 is 53.2 Å². The predicted molar refractivity (Wildman–Crippen MR) is 389 cm³/mol. The second-order valence-corrected chi connectivity index (χ2v) is 22.3. The van der Waals surface area contributed by atoms with Crippen LogP contribution in [0.25, 0.3) is 42.5 Å². The molecule has 0 aromatic heterocycles. The van der Waals surface area contributed by atoms with E-state index in [1.54, 1.807) is 105 Å². The van der Waals surface area contributed by atoms with Crippen molar-refractivity contribution in [1.82, 2.24) is 10.6 Å². The molecule has 0 atom stereocenters. The summed E-state index contributed by atoms with van der Waals surface area (Å²) < 4.78 is 312. The molecule has 0 aliphatic rings. The summed E-state index contributed by atoms with van der Waals surface area (Å²) in [7, 11) is 21.5. The number of halogens is 24. The molecule has 0 aliphatic heterocycles. The summed E-state index contributed by atoms with van der Waals surface area (Å²) in [5.74, 6) is 0. The first-order valence-corrected chi connectivity index (χ1v) is 32.3. The van der Waals surface area contributed by atoms with Crippen LogP contribution in [0.3, 0.4) is 0 Å². The van der Waals surface area contributed by atoms with Crippen molar-refractivity contribution in [3.05, 3.63) is 303 Å². The van der Waals surface area contributed by atoms with Crippen molar-refractivity contribution in [3.8, 4) is 0 Å². The zero-order valence-corrected chi connectivity index (χ0v) is 67.7. The topological polar surface area (TPSA) is 137 Å². The Balaban J connectivity index is -0.000000751. The molecule has 0 saturated heterocycles. The van der Waals surface area contributed by atoms with Gasteiger partial charge in [0.1, 0.15) is 0 Å². The Hall–Kier alpha value is -7.19. The number of hydrogen-bond donors (Lipinski definition) is 2. The van der Waals surface area contributed by atoms with Gasteiger partial charge in [0.25, 0.3) is 0 Å². The van der Waals surface area contributed by atoms with Crippen molar-refractivity contribution < 1.29 is 158 Å². The Kier molecular flexibility index (Phi) is 56.5. The average Bonchev–Trinajstić information content (AvgIpc) is 0.826. The van der Waals surface area contributed by atoms with Crippen LogP contribution >= 0.6 is 0 Å². The number of rotatable bonds is 16. The van der Waals surface area contributed by atoms with E-state index in [1.807, 2.05) is 101 Å². The molecule has 8 aromatic carbocycles. The van der Waals surface area contributed by atoms with Gasteiger partial charge in [0.15, 0.2) is 0 Å². The summed E-state index contributed by atoms with van der Waals surface area (Å²) in [5, 5.41) is 34.8. The molecule has 8 aromatic rings. The molecular weight excluding hydrogens is 1690 g/mol. The molecule has 616 valence electrons. The Morgan fingerprint density at radius 2 is 0.330 bits per heavy atom. The SMILES string of the molecule is CNC.CNC.C[N-]C.C[N-]C.C[N-]C.C[N-]C.FC(F)(F)c1cc([N-]CCc2cccc(CC[N-]c3cc(C(F)(F)F)cc(C(F)(F)F)c3)c2)cc(C(F)(F)F)c1.FC(F)(F)c1cc([N-]CCc2cccc(CC[N-]c3cc(C(F)(F)F)cc(C(F)(F)F)c3)c2)cc(C(F)(F)F)c1.[Zr+4].[Zr+4].c1ccccc1.c1ccccc1. The maximum atomic E-state index is 13.0. The van der Waals surface area contributed by atoms with Gasteiger partial charge in [-0.15, -0.1) is 48.9 Å². The Labute approximate surface area is 676 Å². The third-order valence-corrected chi connectivity index (χ3v) is 12.4. The van der Waals surface area contributed by atoms with Gasteiger partial charge in [0, 0.05) is 0 Å². The van der Waals surface area contributed by atoms with E-state index in [9.17, 15) is 105 Å². The van der Waals surface area contributed by atoms with E-state index in [4.69, 9.17) is 0 Å². The second kappa shape index (κ2) is 56.9. The van der Waals surface area contributed by atoms with E-state index in [0.717, 1.165) is 0 Å². The molecule has 0 bridgehead atoms. The standard InChI is InChI=1S/2C26H18F12N2.2C6H6.2C2H7N.4C2H6N.2Zr/c2*27-23(28,29)17-9-18(24(30,31)32)12-21(11-17)39-6-4-15-2-1-3-16(8-15)5-7-40-22-13-19(25(33,34)35)10-20(14-22)26(36,37)38;2*1-2-4-6-5-3-1;6*1-3-2;;/h2*1-3,8-14H,4-7H2;2*1-6H;2*3H,1-2H3;4*1-2H3;;/q2*-2;;;;;4*-1;2*+4. The van der Waals surface area contributed by atoms with Crippen molar-refractivity contribution in [2.75, 3.05) is 111 Å². The van der Waals surface area contributed by atoms with Gasteiger partial charge >= 0.3 is 102 Å². The van der Waals surface area contributed by atoms with Crippen LogP contribution in [0.4, 0.5) is 128 Å². The summed E-state index contributed by atoms with van der Waals surface area (Å²) in [6, 6.07) is 40.9. The Bertz CT molecular complexity index is 3080. The van der Waals surface area contributed by atoms with Crippen LogP contribution in [0.1, 0.15) is 66.8 Å². The minimum atomic E-state index is -5.01. The third kappa shape index (κ3) is 50.8. The van der Waals surface area contributed by atoms with Crippen molar-refractivity contribution >= 4 is 22.7 Å². The first kappa shape index (κ1) is 111. The minimum Gasteiger partial charge on any atom is -0.684 e. The van der Waals surface area contributed by atoms with Crippen molar-refractivity contribution in [2.24, 2.45) is 0 Å². The quantitative estimate of drug-likeness (QED) is 0.0931. The molecule has 8 rings (SSSR count). The molecule has 0 heterocycles. The fourth-order valence-corrected chi connectivity index (χ4v) is 8.03. The van der Waals surface area contributed by atoms with Gasteiger partial charge in [0.2, 0.25) is 0 Å². The summed E-state index contributed by atoms with van der Waals surface area (Å²) in [6.45, 7) is -0.623. The zero-order chi connectivity index (χ0) is 84.6. The molecule has 0 aliphatic carbocycles. The Morgan fingerprint density at radius 3 is 0.438 bits per heavy atom. The molecule has 0 saturated carbocycles. The molecule has 112 heavy (non-hydrogen) atoms. The van der Waals surface area contributed by atoms with Crippen molar-refractivity contribution in [3.63, 3.8) is 0 Å². The van der Waals surface area contributed by atoms with E-state index in [-0.39, 0.29) is 129 Å². The summed E-state index contributed by atoms with van der Waals surface area (Å²) in [4.78, 5) is 0. The normalized spacial score (nSPS) is 11.0. The van der Waals surface area contributed by atoms with E-state index in [0.29, 0.717) is 70.8 Å². The third-order valence-electron chi connectivity index (χ3n) is 12.4. The average molecular weight is 1780 g/mol. The molecule has 0 unspecified atom stereocenters. The maximum Gasteiger partial charge on any atom is 4.00 e. The van der Waals surface area contributed by atoms with E-state index in [1.165, 1.54) is 0 Å². The van der Waals surface area contributed by atoms with Crippen LogP contribution in [0.15, 0.2) is 194 Å². The van der Waals surface area contributed by atoms with E-state index < -0.39 is 117 Å². The molecule has 0 amide bonds. The summed E-state index contributed by atoms with van der Waals surface area (Å²) in [5.41, 5.74) is -11.5. The van der Waals surface area contributed by atoms with E-state index in [2.05, 4.69) is 53.2 Å². The molecule has 10 nitrogen and oxygen atoms in total. The summed E-state index contributed by atoms with van der Waals surface area (Å²) >= 11 is 0. The fraction of sp³-hybridized carbons (Fsp3) is 0.368. The van der Waals surface area contributed by atoms with Gasteiger partial charge in [-0.3, -0.25) is 0 Å². The van der Waals surface area contributed by atoms with Gasteiger partial charge in [0.05, 0.1) is 44.5 Å². The molecular formula is C76H86F24N10Zr2. The molecule has 0 radical (unpaired) electrons. The van der Waals surface area contributed by atoms with Crippen LogP contribution in [0.2, 0.25) is 0 Å². The van der Waals surface area contributed by atoms with Gasteiger partial charge in [-0.05, 0) is 100 Å². The second-order valence-electron chi connectivity index (χ2n) is 22.3. The minimum absolute atomic E-state index is 0. The number of alkyl halides is 24. The fourth-order valence-electron chi connectivity index (χ4n) is 8.03. The zero-order valence-electron chi connectivity index (χ0n) is 62.8. The number of nitrogens with one attached hydrogen (secondary N) is 2. The predicted octanol–water partition coefficient (Wildman–Crippen LogP) is 26.0. The van der Waals surface area contributed by atoms with Crippen molar-refractivity contribution in [2.45, 2.75) is 75.1 Å². The first-order valence-electron chi connectivity index (χ1n) is 32.3. The molecule has 0 fully saturated rings. The largest absolute Gasteiger partial charge is 4.00 e. The van der Waals surface area contributed by atoms with Gasteiger partial charge in [-0.25, -0.2) is 0 Å². The Morgan fingerprint density at radius 1 is 0.214 bits per heavy atom. The van der Waals surface area contributed by atoms with Crippen LogP contribution < -0.4 is 10.6 Å². The number of benzene rings is 8. The van der Waals surface area contributed by atoms with Crippen LogP contribution in [0, 0.1) is 0 Å². The van der Waals surface area contributed by atoms with Crippen molar-refractivity contribution in [1.29, 1.82) is 0 Å². The number of nitrogens with zero attached hydrogens (tertiary/aromatic N) is 8. The number of hydrogen-bond acceptors (Lipinski definition) is 2. The summed E-state index contributed by atoms with van der Waals surface area (Å²) in [6.07, 6.45) is -39.5. The molecule has 0 spiro atoms. The molecule has 36 heteroatoms. The molecule has 2 N–H and O–H groups in total. The maximum absolute atomic E-state index is 13.0.